The molecule has 0 radical (unpaired) electrons. The molecule has 0 spiro atoms. The molecule has 0 saturated heterocycles. The molecular weight excluding hydrogens is 717 g/mol. The Bertz CT molecular complexity index is 3400. The van der Waals surface area contributed by atoms with E-state index in [0.717, 1.165) is 50.1 Å². The zero-order valence-electron chi connectivity index (χ0n) is 32.8. The van der Waals surface area contributed by atoms with Crippen LogP contribution in [0.3, 0.4) is 0 Å². The molecule has 59 heavy (non-hydrogen) atoms. The average Bonchev–Trinajstić information content (AvgIpc) is 3.89. The van der Waals surface area contributed by atoms with Crippen LogP contribution in [0.4, 0.5) is 0 Å². The molecule has 4 heteroatoms. The Kier molecular flexibility index (Phi) is 7.24. The molecule has 0 unspecified atom stereocenters. The predicted octanol–water partition coefficient (Wildman–Crippen LogP) is 14.0. The summed E-state index contributed by atoms with van der Waals surface area (Å²) in [5.74, 6) is 0.644. The fourth-order valence-electron chi connectivity index (χ4n) is 9.67. The third kappa shape index (κ3) is 5.09. The highest BCUT2D eigenvalue weighted by atomic mass is 15.2. The SMILES string of the molecule is CC1(C)c2ccccc2-c2ccc(-n3c4ccccc4c4ccc(-c5ccc6c7ccccc7n(-c7nc(-c8ccccc8)cc(-c8ccccc8)n7)c6c5)cc43)cc21. The Hall–Kier alpha value is -7.56. The lowest BCUT2D eigenvalue weighted by molar-refractivity contribution is 0.660. The molecule has 0 saturated carbocycles. The highest BCUT2D eigenvalue weighted by Crippen LogP contribution is 2.49. The molecule has 1 aliphatic rings. The van der Waals surface area contributed by atoms with Gasteiger partial charge >= 0.3 is 0 Å². The fraction of sp³-hybridized carbons (Fsp3) is 0.0545. The van der Waals surface area contributed by atoms with Gasteiger partial charge < -0.3 is 4.57 Å². The minimum absolute atomic E-state index is 0.0914. The Balaban J connectivity index is 1.06. The van der Waals surface area contributed by atoms with E-state index in [0.29, 0.717) is 5.95 Å². The van der Waals surface area contributed by atoms with E-state index in [1.54, 1.807) is 0 Å². The Morgan fingerprint density at radius 2 is 0.847 bits per heavy atom. The number of nitrogens with zero attached hydrogens (tertiary/aromatic N) is 4. The highest BCUT2D eigenvalue weighted by Gasteiger charge is 2.35. The summed E-state index contributed by atoms with van der Waals surface area (Å²) in [5.41, 5.74) is 17.2. The summed E-state index contributed by atoms with van der Waals surface area (Å²) in [6, 6.07) is 70.0. The minimum atomic E-state index is -0.0914. The van der Waals surface area contributed by atoms with Crippen LogP contribution in [-0.2, 0) is 5.41 Å². The van der Waals surface area contributed by atoms with Gasteiger partial charge in [-0.2, -0.15) is 0 Å². The van der Waals surface area contributed by atoms with Gasteiger partial charge in [0.05, 0.1) is 33.5 Å². The average molecular weight is 755 g/mol. The van der Waals surface area contributed by atoms with Gasteiger partial charge in [-0.15, -0.1) is 0 Å². The predicted molar refractivity (Wildman–Crippen MR) is 245 cm³/mol. The largest absolute Gasteiger partial charge is 0.309 e. The van der Waals surface area contributed by atoms with Crippen LogP contribution in [0.15, 0.2) is 194 Å². The number of hydrogen-bond acceptors (Lipinski definition) is 2. The van der Waals surface area contributed by atoms with E-state index in [1.165, 1.54) is 55.1 Å². The normalized spacial score (nSPS) is 13.1. The van der Waals surface area contributed by atoms with Gasteiger partial charge in [-0.05, 0) is 75.8 Å². The maximum Gasteiger partial charge on any atom is 0.235 e. The van der Waals surface area contributed by atoms with Crippen molar-refractivity contribution in [1.29, 1.82) is 0 Å². The zero-order chi connectivity index (χ0) is 39.2. The van der Waals surface area contributed by atoms with Gasteiger partial charge in [0.1, 0.15) is 0 Å². The maximum absolute atomic E-state index is 5.28. The lowest BCUT2D eigenvalue weighted by atomic mass is 9.82. The second-order valence-corrected chi connectivity index (χ2v) is 16.2. The lowest BCUT2D eigenvalue weighted by Gasteiger charge is -2.22. The van der Waals surface area contributed by atoms with Crippen molar-refractivity contribution in [1.82, 2.24) is 19.1 Å². The summed E-state index contributed by atoms with van der Waals surface area (Å²) >= 11 is 0. The maximum atomic E-state index is 5.28. The highest BCUT2D eigenvalue weighted by molar-refractivity contribution is 6.12. The van der Waals surface area contributed by atoms with Crippen molar-refractivity contribution in [3.05, 3.63) is 205 Å². The van der Waals surface area contributed by atoms with E-state index in [2.05, 4.69) is 205 Å². The monoisotopic (exact) mass is 754 g/mol. The second kappa shape index (κ2) is 12.7. The molecule has 11 aromatic rings. The topological polar surface area (TPSA) is 35.6 Å². The first-order valence-corrected chi connectivity index (χ1v) is 20.3. The molecule has 1 aliphatic carbocycles. The van der Waals surface area contributed by atoms with Crippen LogP contribution in [0.2, 0.25) is 0 Å². The van der Waals surface area contributed by atoms with Crippen molar-refractivity contribution in [3.63, 3.8) is 0 Å². The molecule has 0 amide bonds. The van der Waals surface area contributed by atoms with E-state index in [1.807, 2.05) is 12.1 Å². The first-order chi connectivity index (χ1) is 29.0. The summed E-state index contributed by atoms with van der Waals surface area (Å²) in [6.07, 6.45) is 0. The van der Waals surface area contributed by atoms with Crippen LogP contribution in [0, 0.1) is 0 Å². The van der Waals surface area contributed by atoms with Crippen LogP contribution >= 0.6 is 0 Å². The zero-order valence-corrected chi connectivity index (χ0v) is 32.8. The van der Waals surface area contributed by atoms with E-state index in [9.17, 15) is 0 Å². The Morgan fingerprint density at radius 3 is 1.47 bits per heavy atom. The molecule has 0 aliphatic heterocycles. The van der Waals surface area contributed by atoms with Crippen LogP contribution in [0.25, 0.3) is 100 Å². The number of aromatic nitrogens is 4. The first kappa shape index (κ1) is 33.6. The van der Waals surface area contributed by atoms with Crippen molar-refractivity contribution >= 4 is 43.6 Å². The van der Waals surface area contributed by atoms with Crippen molar-refractivity contribution in [2.75, 3.05) is 0 Å². The summed E-state index contributed by atoms with van der Waals surface area (Å²) in [4.78, 5) is 10.6. The van der Waals surface area contributed by atoms with Crippen LogP contribution in [0.1, 0.15) is 25.0 Å². The van der Waals surface area contributed by atoms with Gasteiger partial charge in [0.15, 0.2) is 0 Å². The third-order valence-corrected chi connectivity index (χ3v) is 12.6. The molecule has 0 atom stereocenters. The molecule has 4 nitrogen and oxygen atoms in total. The van der Waals surface area contributed by atoms with E-state index >= 15 is 0 Å². The smallest absolute Gasteiger partial charge is 0.235 e. The van der Waals surface area contributed by atoms with E-state index in [4.69, 9.17) is 9.97 Å². The molecule has 0 bridgehead atoms. The molecule has 0 N–H and O–H groups in total. The molecule has 8 aromatic carbocycles. The van der Waals surface area contributed by atoms with E-state index < -0.39 is 0 Å². The van der Waals surface area contributed by atoms with Gasteiger partial charge in [0.25, 0.3) is 0 Å². The van der Waals surface area contributed by atoms with Crippen LogP contribution in [-0.4, -0.2) is 19.1 Å². The Labute approximate surface area is 342 Å². The second-order valence-electron chi connectivity index (χ2n) is 16.2. The third-order valence-electron chi connectivity index (χ3n) is 12.6. The molecule has 3 heterocycles. The minimum Gasteiger partial charge on any atom is -0.309 e. The Morgan fingerprint density at radius 1 is 0.356 bits per heavy atom. The number of rotatable bonds is 5. The molecule has 12 rings (SSSR count). The van der Waals surface area contributed by atoms with Crippen molar-refractivity contribution in [3.8, 4) is 56.4 Å². The van der Waals surface area contributed by atoms with Gasteiger partial charge in [0, 0.05) is 43.8 Å². The summed E-state index contributed by atoms with van der Waals surface area (Å²) in [6.45, 7) is 4.71. The lowest BCUT2D eigenvalue weighted by Crippen LogP contribution is -2.15. The van der Waals surface area contributed by atoms with Gasteiger partial charge in [-0.25, -0.2) is 9.97 Å². The van der Waals surface area contributed by atoms with Crippen molar-refractivity contribution in [2.24, 2.45) is 0 Å². The molecule has 0 fully saturated rings. The van der Waals surface area contributed by atoms with Crippen LogP contribution < -0.4 is 0 Å². The quantitative estimate of drug-likeness (QED) is 0.175. The summed E-state index contributed by atoms with van der Waals surface area (Å²) in [7, 11) is 0. The molecule has 278 valence electrons. The number of benzene rings is 8. The van der Waals surface area contributed by atoms with Crippen LogP contribution in [0.5, 0.6) is 0 Å². The fourth-order valence-corrected chi connectivity index (χ4v) is 9.67. The van der Waals surface area contributed by atoms with Crippen molar-refractivity contribution in [2.45, 2.75) is 19.3 Å². The van der Waals surface area contributed by atoms with E-state index in [-0.39, 0.29) is 5.41 Å². The standard InChI is InChI=1S/C55H38N4/c1-55(2)46-22-12-9-19-40(46)41-30-27-39(33-47(41)55)58-50-23-13-10-20-42(50)44-28-25-37(31-52(44)58)38-26-29-45-43-21-11-14-24-51(43)59(53(45)32-38)54-56-48(35-15-5-3-6-16-35)34-49(57-54)36-17-7-4-8-18-36/h3-34H,1-2H3. The summed E-state index contributed by atoms with van der Waals surface area (Å²) in [5, 5.41) is 4.82. The summed E-state index contributed by atoms with van der Waals surface area (Å²) < 4.78 is 4.70. The number of fused-ring (bicyclic) bond motifs is 9. The first-order valence-electron chi connectivity index (χ1n) is 20.3. The van der Waals surface area contributed by atoms with Gasteiger partial charge in [0.2, 0.25) is 5.95 Å². The van der Waals surface area contributed by atoms with Crippen molar-refractivity contribution < 1.29 is 0 Å². The molecular formula is C55H38N4. The number of hydrogen-bond donors (Lipinski definition) is 0. The van der Waals surface area contributed by atoms with Gasteiger partial charge in [-0.1, -0.05) is 166 Å². The van der Waals surface area contributed by atoms with Gasteiger partial charge in [-0.3, -0.25) is 4.57 Å². The number of para-hydroxylation sites is 2. The molecule has 3 aromatic heterocycles.